The summed E-state index contributed by atoms with van der Waals surface area (Å²) in [6.45, 7) is 3.08. The van der Waals surface area contributed by atoms with Crippen LogP contribution >= 0.6 is 11.8 Å². The van der Waals surface area contributed by atoms with Crippen molar-refractivity contribution >= 4 is 17.6 Å². The van der Waals surface area contributed by atoms with Crippen LogP contribution in [0.5, 0.6) is 0 Å². The van der Waals surface area contributed by atoms with Gasteiger partial charge in [0.25, 0.3) is 0 Å². The van der Waals surface area contributed by atoms with Crippen LogP contribution in [-0.2, 0) is 6.54 Å². The Morgan fingerprint density at radius 2 is 1.51 bits per heavy atom. The van der Waals surface area contributed by atoms with Gasteiger partial charge in [-0.25, -0.2) is 4.68 Å². The van der Waals surface area contributed by atoms with Crippen LogP contribution in [0.1, 0.15) is 60.4 Å². The van der Waals surface area contributed by atoms with Gasteiger partial charge in [-0.05, 0) is 43.0 Å². The fourth-order valence-electron chi connectivity index (χ4n) is 6.40. The number of fused-ring (bicyclic) bond motifs is 1. The molecular weight excluding hydrogens is 472 g/mol. The number of benzene rings is 3. The van der Waals surface area contributed by atoms with Crippen LogP contribution in [0.4, 0.5) is 5.82 Å². The van der Waals surface area contributed by atoms with E-state index in [2.05, 4.69) is 125 Å². The van der Waals surface area contributed by atoms with Crippen molar-refractivity contribution in [2.45, 2.75) is 56.4 Å². The van der Waals surface area contributed by atoms with E-state index in [-0.39, 0.29) is 10.8 Å². The molecule has 4 aromatic rings. The number of allylic oxidation sites excluding steroid dienone is 1. The zero-order valence-electron chi connectivity index (χ0n) is 21.2. The molecule has 1 aliphatic carbocycles. The summed E-state index contributed by atoms with van der Waals surface area (Å²) in [4.78, 5) is 4.26. The molecule has 3 aromatic carbocycles. The van der Waals surface area contributed by atoms with E-state index in [4.69, 9.17) is 5.10 Å². The predicted octanol–water partition coefficient (Wildman–Crippen LogP) is 7.82. The molecule has 1 atom stereocenters. The highest BCUT2D eigenvalue weighted by molar-refractivity contribution is 8.04. The molecule has 2 aliphatic heterocycles. The largest absolute Gasteiger partial charge is 0.338 e. The predicted molar refractivity (Wildman–Crippen MR) is 153 cm³/mol. The Labute approximate surface area is 223 Å². The number of anilines is 1. The van der Waals surface area contributed by atoms with E-state index in [0.29, 0.717) is 0 Å². The molecule has 37 heavy (non-hydrogen) atoms. The first-order valence-electron chi connectivity index (χ1n) is 13.5. The number of hydrogen-bond donors (Lipinski definition) is 1. The van der Waals surface area contributed by atoms with Crippen LogP contribution in [0.3, 0.4) is 0 Å². The smallest absolute Gasteiger partial charge is 0.139 e. The van der Waals surface area contributed by atoms with Gasteiger partial charge in [-0.3, -0.25) is 0 Å². The second kappa shape index (κ2) is 9.14. The van der Waals surface area contributed by atoms with Gasteiger partial charge in [-0.2, -0.15) is 5.10 Å². The fraction of sp³-hybridized carbons (Fsp3) is 0.281. The normalized spacial score (nSPS) is 20.0. The first-order chi connectivity index (χ1) is 18.2. The van der Waals surface area contributed by atoms with Gasteiger partial charge < -0.3 is 10.2 Å². The van der Waals surface area contributed by atoms with Crippen molar-refractivity contribution in [1.82, 2.24) is 14.7 Å². The van der Waals surface area contributed by atoms with Crippen molar-refractivity contribution in [3.8, 4) is 5.69 Å². The van der Waals surface area contributed by atoms with Gasteiger partial charge in [0.2, 0.25) is 0 Å². The number of rotatable bonds is 4. The zero-order chi connectivity index (χ0) is 24.8. The summed E-state index contributed by atoms with van der Waals surface area (Å²) < 4.78 is 2.11. The minimum Gasteiger partial charge on any atom is -0.338 e. The van der Waals surface area contributed by atoms with Crippen molar-refractivity contribution in [3.05, 3.63) is 124 Å². The van der Waals surface area contributed by atoms with Crippen molar-refractivity contribution < 1.29 is 0 Å². The Bertz CT molecular complexity index is 1440. The van der Waals surface area contributed by atoms with E-state index >= 15 is 0 Å². The van der Waals surface area contributed by atoms with E-state index in [1.165, 1.54) is 59.5 Å². The lowest BCUT2D eigenvalue weighted by molar-refractivity contribution is 0.169. The maximum atomic E-state index is 5.08. The average molecular weight is 505 g/mol. The van der Waals surface area contributed by atoms with Crippen molar-refractivity contribution in [3.63, 3.8) is 0 Å². The van der Waals surface area contributed by atoms with Crippen molar-refractivity contribution in [1.29, 1.82) is 0 Å². The third-order valence-corrected chi connectivity index (χ3v) is 9.80. The molecule has 0 saturated heterocycles. The van der Waals surface area contributed by atoms with Gasteiger partial charge in [0, 0.05) is 22.9 Å². The number of aromatic nitrogens is 2. The number of para-hydroxylation sites is 1. The van der Waals surface area contributed by atoms with Crippen LogP contribution < -0.4 is 5.32 Å². The third-order valence-electron chi connectivity index (χ3n) is 8.14. The maximum absolute atomic E-state index is 5.08. The fourth-order valence-corrected chi connectivity index (χ4v) is 8.20. The summed E-state index contributed by atoms with van der Waals surface area (Å²) in [5.74, 6) is 2.55. The molecular formula is C32H32N4S. The number of aryl methyl sites for hydroxylation is 1. The summed E-state index contributed by atoms with van der Waals surface area (Å²) >= 11 is 2.13. The molecule has 186 valence electrons. The number of nitrogens with one attached hydrogen (secondary N) is 1. The number of nitrogens with zero attached hydrogens (tertiary/aromatic N) is 3. The van der Waals surface area contributed by atoms with Crippen LogP contribution in [0.15, 0.2) is 102 Å². The topological polar surface area (TPSA) is 33.1 Å². The number of thioether (sulfide) groups is 1. The van der Waals surface area contributed by atoms with Crippen molar-refractivity contribution in [2.24, 2.45) is 0 Å². The van der Waals surface area contributed by atoms with E-state index in [9.17, 15) is 0 Å². The summed E-state index contributed by atoms with van der Waals surface area (Å²) in [6.07, 6.45) is 6.36. The Hall–Kier alpha value is -3.44. The van der Waals surface area contributed by atoms with Gasteiger partial charge in [0.15, 0.2) is 0 Å². The van der Waals surface area contributed by atoms with E-state index < -0.39 is 0 Å². The molecule has 0 amide bonds. The van der Waals surface area contributed by atoms with Gasteiger partial charge in [0.1, 0.15) is 11.6 Å². The second-order valence-electron chi connectivity index (χ2n) is 10.5. The Kier molecular flexibility index (Phi) is 5.62. The molecule has 0 radical (unpaired) electrons. The quantitative estimate of drug-likeness (QED) is 0.307. The summed E-state index contributed by atoms with van der Waals surface area (Å²) in [5, 5.41) is 9.05. The highest BCUT2D eigenvalue weighted by Gasteiger charge is 2.51. The lowest BCUT2D eigenvalue weighted by Crippen LogP contribution is -2.44. The minimum atomic E-state index is 0.0984. The Balaban J connectivity index is 1.42. The molecule has 1 fully saturated rings. The molecule has 4 nitrogen and oxygen atoms in total. The van der Waals surface area contributed by atoms with E-state index in [1.54, 1.807) is 0 Å². The first-order valence-corrected chi connectivity index (χ1v) is 14.3. The molecule has 3 heterocycles. The van der Waals surface area contributed by atoms with Gasteiger partial charge in [-0.15, -0.1) is 0 Å². The molecule has 7 rings (SSSR count). The lowest BCUT2D eigenvalue weighted by Gasteiger charge is -2.43. The third kappa shape index (κ3) is 3.79. The highest BCUT2D eigenvalue weighted by Crippen LogP contribution is 2.61. The summed E-state index contributed by atoms with van der Waals surface area (Å²) in [5.41, 5.74) is 6.18. The van der Waals surface area contributed by atoms with Crippen LogP contribution in [0.2, 0.25) is 0 Å². The number of hydrogen-bond acceptors (Lipinski definition) is 4. The standard InChI is InChI=1S/C32H32N4S/c1-23-27-28(25-16-8-3-9-17-25)29-31(33-30(27)36(34-23)26-18-10-4-11-19-26)35(22-24-14-6-2-7-15-24)32(37-29)20-12-5-13-21-32/h2-4,6-11,14-19,28,33H,5,12-13,20-22H2,1H3. The van der Waals surface area contributed by atoms with E-state index in [0.717, 1.165) is 23.7 Å². The highest BCUT2D eigenvalue weighted by atomic mass is 32.2. The lowest BCUT2D eigenvalue weighted by atomic mass is 9.88. The average Bonchev–Trinajstić information content (AvgIpc) is 3.43. The molecule has 1 spiro atoms. The molecule has 3 aliphatic rings. The zero-order valence-corrected chi connectivity index (χ0v) is 22.0. The van der Waals surface area contributed by atoms with Crippen LogP contribution in [-0.4, -0.2) is 19.6 Å². The van der Waals surface area contributed by atoms with Gasteiger partial charge >= 0.3 is 0 Å². The second-order valence-corrected chi connectivity index (χ2v) is 11.9. The van der Waals surface area contributed by atoms with E-state index in [1.807, 2.05) is 0 Å². The molecule has 1 aromatic heterocycles. The SMILES string of the molecule is Cc1nn(-c2ccccc2)c2c1C(c1ccccc1)C1=C(N2)N(Cc2ccccc2)C2(CCCCC2)S1. The van der Waals surface area contributed by atoms with Gasteiger partial charge in [0.05, 0.1) is 16.3 Å². The first kappa shape index (κ1) is 22.7. The Morgan fingerprint density at radius 3 is 2.22 bits per heavy atom. The Morgan fingerprint density at radius 1 is 0.865 bits per heavy atom. The monoisotopic (exact) mass is 504 g/mol. The van der Waals surface area contributed by atoms with Gasteiger partial charge in [-0.1, -0.05) is 110 Å². The molecule has 1 N–H and O–H groups in total. The molecule has 0 bridgehead atoms. The summed E-state index contributed by atoms with van der Waals surface area (Å²) in [6, 6.07) is 32.5. The maximum Gasteiger partial charge on any atom is 0.139 e. The van der Waals surface area contributed by atoms with Crippen LogP contribution in [0, 0.1) is 6.92 Å². The molecule has 5 heteroatoms. The summed E-state index contributed by atoms with van der Waals surface area (Å²) in [7, 11) is 0. The van der Waals surface area contributed by atoms with Crippen LogP contribution in [0.25, 0.3) is 5.69 Å². The molecule has 1 unspecified atom stereocenters. The minimum absolute atomic E-state index is 0.0984. The molecule has 1 saturated carbocycles. The van der Waals surface area contributed by atoms with Crippen molar-refractivity contribution in [2.75, 3.05) is 5.32 Å².